The van der Waals surface area contributed by atoms with E-state index in [1.807, 2.05) is 58.9 Å². The van der Waals surface area contributed by atoms with Gasteiger partial charge in [-0.15, -0.1) is 0 Å². The number of ether oxygens (including phenoxy) is 1. The Hall–Kier alpha value is -3.35. The molecule has 152 valence electrons. The lowest BCUT2D eigenvalue weighted by Crippen LogP contribution is -2.46. The van der Waals surface area contributed by atoms with E-state index in [-0.39, 0.29) is 27.8 Å². The number of aromatic amines is 3. The molecule has 2 heterocycles. The summed E-state index contributed by atoms with van der Waals surface area (Å²) >= 11 is 0. The first-order chi connectivity index (χ1) is 13.6. The van der Waals surface area contributed by atoms with E-state index >= 15 is 0 Å². The zero-order valence-electron chi connectivity index (χ0n) is 17.3. The van der Waals surface area contributed by atoms with Crippen LogP contribution in [0.2, 0.25) is 0 Å². The normalized spacial score (nSPS) is 13.3. The molecule has 0 aliphatic carbocycles. The Morgan fingerprint density at radius 1 is 1.03 bits per heavy atom. The monoisotopic (exact) mass is 394 g/mol. The second kappa shape index (κ2) is 7.95. The molecule has 3 N–H and O–H groups in total. The third-order valence-corrected chi connectivity index (χ3v) is 4.23. The van der Waals surface area contributed by atoms with Gasteiger partial charge in [0.25, 0.3) is 11.1 Å². The number of benzene rings is 1. The van der Waals surface area contributed by atoms with Crippen molar-refractivity contribution >= 4 is 12.2 Å². The van der Waals surface area contributed by atoms with Crippen LogP contribution in [-0.4, -0.2) is 26.0 Å². The summed E-state index contributed by atoms with van der Waals surface area (Å²) < 4.78 is 5.67. The van der Waals surface area contributed by atoms with Gasteiger partial charge in [0.1, 0.15) is 16.4 Å². The number of nitrogens with one attached hydrogen (secondary N) is 3. The van der Waals surface area contributed by atoms with Crippen LogP contribution in [0.4, 0.5) is 0 Å². The molecule has 0 bridgehead atoms. The van der Waals surface area contributed by atoms with Crippen molar-refractivity contribution in [3.8, 4) is 5.75 Å². The van der Waals surface area contributed by atoms with E-state index in [0.29, 0.717) is 11.4 Å². The van der Waals surface area contributed by atoms with E-state index in [2.05, 4.69) is 19.9 Å². The van der Waals surface area contributed by atoms with Crippen LogP contribution in [-0.2, 0) is 5.41 Å². The molecular weight excluding hydrogens is 368 g/mol. The van der Waals surface area contributed by atoms with Crippen molar-refractivity contribution in [1.29, 1.82) is 0 Å². The van der Waals surface area contributed by atoms with Gasteiger partial charge in [0, 0.05) is 11.1 Å². The SMILES string of the molecule is CC(C)Oc1cccc(/C=c2\[nH]c(=O)/c(=C/c3nc[nH]c3C(C)(C)C)[nH]c2=O)c1. The molecule has 29 heavy (non-hydrogen) atoms. The van der Waals surface area contributed by atoms with Crippen molar-refractivity contribution in [2.45, 2.75) is 46.1 Å². The number of rotatable bonds is 4. The van der Waals surface area contributed by atoms with Gasteiger partial charge in [-0.25, -0.2) is 4.98 Å². The Bertz CT molecular complexity index is 1240. The summed E-state index contributed by atoms with van der Waals surface area (Å²) in [4.78, 5) is 37.8. The number of nitrogens with zero attached hydrogens (tertiary/aromatic N) is 1. The highest BCUT2D eigenvalue weighted by molar-refractivity contribution is 5.51. The van der Waals surface area contributed by atoms with Crippen LogP contribution in [0.15, 0.2) is 40.2 Å². The molecule has 3 aromatic rings. The lowest BCUT2D eigenvalue weighted by atomic mass is 9.90. The van der Waals surface area contributed by atoms with Gasteiger partial charge >= 0.3 is 0 Å². The predicted octanol–water partition coefficient (Wildman–Crippen LogP) is 1.53. The first kappa shape index (κ1) is 20.4. The predicted molar refractivity (Wildman–Crippen MR) is 114 cm³/mol. The topological polar surface area (TPSA) is 104 Å². The Morgan fingerprint density at radius 2 is 1.69 bits per heavy atom. The van der Waals surface area contributed by atoms with Gasteiger partial charge in [-0.3, -0.25) is 9.59 Å². The first-order valence-corrected chi connectivity index (χ1v) is 9.50. The zero-order chi connectivity index (χ0) is 21.2. The molecule has 2 aromatic heterocycles. The molecule has 7 nitrogen and oxygen atoms in total. The number of hydrogen-bond acceptors (Lipinski definition) is 4. The summed E-state index contributed by atoms with van der Waals surface area (Å²) in [5.74, 6) is 0.700. The van der Waals surface area contributed by atoms with Crippen LogP contribution in [0.25, 0.3) is 12.2 Å². The van der Waals surface area contributed by atoms with E-state index in [0.717, 1.165) is 11.3 Å². The van der Waals surface area contributed by atoms with E-state index in [4.69, 9.17) is 4.74 Å². The minimum Gasteiger partial charge on any atom is -0.491 e. The summed E-state index contributed by atoms with van der Waals surface area (Å²) in [5, 5.41) is 0.327. The summed E-state index contributed by atoms with van der Waals surface area (Å²) in [6.07, 6.45) is 4.82. The molecule has 3 rings (SSSR count). The van der Waals surface area contributed by atoms with E-state index in [9.17, 15) is 9.59 Å². The van der Waals surface area contributed by atoms with Crippen LogP contribution in [0, 0.1) is 0 Å². The standard InChI is InChI=1S/C22H26N4O3/c1-13(2)29-15-8-6-7-14(9-15)10-17-20(27)26-18(21(28)25-17)11-16-19(22(3,4)5)24-12-23-16/h6-13H,1-5H3,(H,23,24)(H,25,28)(H,26,27)/b17-10-,18-11-. The minimum atomic E-state index is -0.395. The average molecular weight is 394 g/mol. The first-order valence-electron chi connectivity index (χ1n) is 9.50. The van der Waals surface area contributed by atoms with Gasteiger partial charge in [-0.05, 0) is 43.7 Å². The molecule has 0 saturated carbocycles. The highest BCUT2D eigenvalue weighted by atomic mass is 16.5. The summed E-state index contributed by atoms with van der Waals surface area (Å²) in [6, 6.07) is 7.34. The molecule has 0 unspecified atom stereocenters. The second-order valence-electron chi connectivity index (χ2n) is 8.18. The maximum absolute atomic E-state index is 12.5. The quantitative estimate of drug-likeness (QED) is 0.624. The third kappa shape index (κ3) is 4.93. The van der Waals surface area contributed by atoms with Crippen molar-refractivity contribution in [3.05, 3.63) is 78.9 Å². The number of imidazole rings is 1. The number of aromatic nitrogens is 4. The van der Waals surface area contributed by atoms with Crippen LogP contribution in [0.3, 0.4) is 0 Å². The highest BCUT2D eigenvalue weighted by Gasteiger charge is 2.19. The lowest BCUT2D eigenvalue weighted by Gasteiger charge is -2.16. The Balaban J connectivity index is 2.06. The molecule has 0 radical (unpaired) electrons. The van der Waals surface area contributed by atoms with Crippen LogP contribution in [0.5, 0.6) is 5.75 Å². The third-order valence-electron chi connectivity index (χ3n) is 4.23. The fraction of sp³-hybridized carbons (Fsp3) is 0.318. The molecule has 0 aliphatic heterocycles. The summed E-state index contributed by atoms with van der Waals surface area (Å²) in [6.45, 7) is 10.0. The van der Waals surface area contributed by atoms with Gasteiger partial charge in [-0.2, -0.15) is 0 Å². The van der Waals surface area contributed by atoms with Crippen molar-refractivity contribution < 1.29 is 4.74 Å². The fourth-order valence-electron chi connectivity index (χ4n) is 2.96. The zero-order valence-corrected chi connectivity index (χ0v) is 17.3. The van der Waals surface area contributed by atoms with Crippen LogP contribution in [0.1, 0.15) is 51.6 Å². The summed E-state index contributed by atoms with van der Waals surface area (Å²) in [7, 11) is 0. The molecule has 7 heteroatoms. The largest absolute Gasteiger partial charge is 0.491 e. The van der Waals surface area contributed by atoms with E-state index < -0.39 is 5.56 Å². The van der Waals surface area contributed by atoms with Gasteiger partial charge in [0.15, 0.2) is 0 Å². The van der Waals surface area contributed by atoms with Gasteiger partial charge in [0.05, 0.1) is 18.1 Å². The average Bonchev–Trinajstić information content (AvgIpc) is 3.07. The smallest absolute Gasteiger partial charge is 0.272 e. The van der Waals surface area contributed by atoms with Gasteiger partial charge in [-0.1, -0.05) is 32.9 Å². The second-order valence-corrected chi connectivity index (χ2v) is 8.18. The molecular formula is C22H26N4O3. The van der Waals surface area contributed by atoms with E-state index in [1.54, 1.807) is 18.5 Å². The van der Waals surface area contributed by atoms with Crippen LogP contribution < -0.4 is 26.6 Å². The minimum absolute atomic E-state index is 0.0447. The Labute approximate surface area is 168 Å². The van der Waals surface area contributed by atoms with Gasteiger partial charge < -0.3 is 19.7 Å². The Morgan fingerprint density at radius 3 is 2.31 bits per heavy atom. The maximum Gasteiger partial charge on any atom is 0.272 e. The molecule has 0 amide bonds. The summed E-state index contributed by atoms with van der Waals surface area (Å²) in [5.41, 5.74) is 1.30. The Kier molecular flexibility index (Phi) is 5.59. The fourth-order valence-corrected chi connectivity index (χ4v) is 2.96. The molecule has 0 spiro atoms. The highest BCUT2D eigenvalue weighted by Crippen LogP contribution is 2.22. The van der Waals surface area contributed by atoms with Crippen LogP contribution >= 0.6 is 0 Å². The molecule has 0 atom stereocenters. The van der Waals surface area contributed by atoms with Crippen molar-refractivity contribution in [2.24, 2.45) is 0 Å². The van der Waals surface area contributed by atoms with Crippen molar-refractivity contribution in [1.82, 2.24) is 19.9 Å². The van der Waals surface area contributed by atoms with Crippen molar-refractivity contribution in [3.63, 3.8) is 0 Å². The number of hydrogen-bond donors (Lipinski definition) is 3. The van der Waals surface area contributed by atoms with Crippen molar-refractivity contribution in [2.75, 3.05) is 0 Å². The van der Waals surface area contributed by atoms with Gasteiger partial charge in [0.2, 0.25) is 0 Å². The molecule has 0 aliphatic rings. The maximum atomic E-state index is 12.5. The van der Waals surface area contributed by atoms with E-state index in [1.165, 1.54) is 0 Å². The molecule has 1 aromatic carbocycles. The molecule has 0 saturated heterocycles. The lowest BCUT2D eigenvalue weighted by molar-refractivity contribution is 0.242. The molecule has 0 fully saturated rings. The number of H-pyrrole nitrogens is 3.